The third-order valence-corrected chi connectivity index (χ3v) is 4.88. The maximum absolute atomic E-state index is 12.6. The third-order valence-electron chi connectivity index (χ3n) is 4.88. The molecule has 0 aliphatic carbocycles. The molecule has 2 heterocycles. The van der Waals surface area contributed by atoms with Crippen LogP contribution in [0, 0.1) is 5.92 Å². The van der Waals surface area contributed by atoms with E-state index in [0.29, 0.717) is 32.5 Å². The van der Waals surface area contributed by atoms with Gasteiger partial charge in [0.05, 0.1) is 6.10 Å². The van der Waals surface area contributed by atoms with E-state index in [1.165, 1.54) is 4.90 Å². The zero-order valence-electron chi connectivity index (χ0n) is 12.2. The van der Waals surface area contributed by atoms with Gasteiger partial charge in [-0.15, -0.1) is 0 Å². The van der Waals surface area contributed by atoms with Gasteiger partial charge in [-0.1, -0.05) is 6.92 Å². The molecular weight excluding hydrogens is 260 g/mol. The summed E-state index contributed by atoms with van der Waals surface area (Å²) in [5.74, 6) is -0.806. The van der Waals surface area contributed by atoms with Gasteiger partial charge in [0.25, 0.3) is 0 Å². The van der Waals surface area contributed by atoms with Crippen LogP contribution in [0.2, 0.25) is 0 Å². The highest BCUT2D eigenvalue weighted by Gasteiger charge is 2.50. The van der Waals surface area contributed by atoms with E-state index in [1.54, 1.807) is 11.8 Å². The molecule has 2 saturated heterocycles. The summed E-state index contributed by atoms with van der Waals surface area (Å²) in [6, 6.07) is -0.185. The molecule has 2 aliphatic heterocycles. The molecular formula is C14H24N2O4. The van der Waals surface area contributed by atoms with Crippen molar-refractivity contribution in [2.75, 3.05) is 19.6 Å². The number of likely N-dealkylation sites (tertiary alicyclic amines) is 2. The van der Waals surface area contributed by atoms with E-state index >= 15 is 0 Å². The largest absolute Gasteiger partial charge is 0.479 e. The lowest BCUT2D eigenvalue weighted by Crippen LogP contribution is -2.56. The molecule has 6 heteroatoms. The maximum Gasteiger partial charge on any atom is 0.329 e. The van der Waals surface area contributed by atoms with Gasteiger partial charge in [0.1, 0.15) is 5.54 Å². The molecule has 2 aliphatic rings. The number of nitrogens with zero attached hydrogens (tertiary/aromatic N) is 2. The lowest BCUT2D eigenvalue weighted by Gasteiger charge is -2.36. The minimum absolute atomic E-state index is 0.0995. The van der Waals surface area contributed by atoms with Crippen LogP contribution in [-0.2, 0) is 4.79 Å². The minimum atomic E-state index is -1.04. The van der Waals surface area contributed by atoms with Gasteiger partial charge in [0.15, 0.2) is 0 Å². The number of hydrogen-bond acceptors (Lipinski definition) is 3. The van der Waals surface area contributed by atoms with E-state index in [-0.39, 0.29) is 11.9 Å². The van der Waals surface area contributed by atoms with Gasteiger partial charge in [-0.05, 0) is 32.6 Å². The Bertz CT molecular complexity index is 399. The summed E-state index contributed by atoms with van der Waals surface area (Å²) in [6.45, 7) is 5.19. The molecule has 0 saturated carbocycles. The molecule has 2 rings (SSSR count). The zero-order chi connectivity index (χ0) is 14.9. The van der Waals surface area contributed by atoms with Crippen molar-refractivity contribution in [2.24, 2.45) is 5.92 Å². The van der Waals surface area contributed by atoms with E-state index in [4.69, 9.17) is 0 Å². The monoisotopic (exact) mass is 284 g/mol. The smallest absolute Gasteiger partial charge is 0.329 e. The van der Waals surface area contributed by atoms with Crippen molar-refractivity contribution >= 4 is 12.0 Å². The lowest BCUT2D eigenvalue weighted by molar-refractivity contribution is -0.148. The molecule has 2 fully saturated rings. The third kappa shape index (κ3) is 2.37. The average Bonchev–Trinajstić information content (AvgIpc) is 3.05. The van der Waals surface area contributed by atoms with Crippen LogP contribution in [0.3, 0.4) is 0 Å². The van der Waals surface area contributed by atoms with E-state index in [1.807, 2.05) is 6.92 Å². The van der Waals surface area contributed by atoms with Crippen LogP contribution in [0.1, 0.15) is 39.5 Å². The van der Waals surface area contributed by atoms with Crippen molar-refractivity contribution in [1.82, 2.24) is 9.80 Å². The molecule has 0 aromatic rings. The first-order chi connectivity index (χ1) is 9.42. The summed E-state index contributed by atoms with van der Waals surface area (Å²) in [6.07, 6.45) is 2.05. The maximum atomic E-state index is 12.6. The number of aliphatic carboxylic acids is 1. The van der Waals surface area contributed by atoms with E-state index < -0.39 is 17.6 Å². The highest BCUT2D eigenvalue weighted by atomic mass is 16.4. The molecule has 0 aromatic heterocycles. The molecule has 0 spiro atoms. The fourth-order valence-corrected chi connectivity index (χ4v) is 3.42. The van der Waals surface area contributed by atoms with E-state index in [9.17, 15) is 19.8 Å². The second-order valence-corrected chi connectivity index (χ2v) is 5.96. The van der Waals surface area contributed by atoms with E-state index in [0.717, 1.165) is 12.8 Å². The van der Waals surface area contributed by atoms with Gasteiger partial charge < -0.3 is 20.0 Å². The number of carboxylic acid groups (broad SMARTS) is 1. The number of hydrogen-bond donors (Lipinski definition) is 2. The quantitative estimate of drug-likeness (QED) is 0.814. The summed E-state index contributed by atoms with van der Waals surface area (Å²) in [7, 11) is 0. The SMILES string of the molecule is CCC1(C(=O)O)CCCN1C(=O)N1CCC(C(C)O)C1. The van der Waals surface area contributed by atoms with Crippen LogP contribution in [0.4, 0.5) is 4.79 Å². The van der Waals surface area contributed by atoms with E-state index in [2.05, 4.69) is 0 Å². The lowest BCUT2D eigenvalue weighted by atomic mass is 9.93. The molecule has 3 unspecified atom stereocenters. The molecule has 20 heavy (non-hydrogen) atoms. The summed E-state index contributed by atoms with van der Waals surface area (Å²) in [5.41, 5.74) is -1.04. The van der Waals surface area contributed by atoms with Crippen LogP contribution in [0.25, 0.3) is 0 Å². The van der Waals surface area contributed by atoms with Gasteiger partial charge >= 0.3 is 12.0 Å². The first kappa shape index (κ1) is 15.1. The fourth-order valence-electron chi connectivity index (χ4n) is 3.42. The van der Waals surface area contributed by atoms with Gasteiger partial charge in [-0.3, -0.25) is 0 Å². The Morgan fingerprint density at radius 3 is 2.60 bits per heavy atom. The Morgan fingerprint density at radius 1 is 1.40 bits per heavy atom. The van der Waals surface area contributed by atoms with Crippen LogP contribution in [0.15, 0.2) is 0 Å². The van der Waals surface area contributed by atoms with Gasteiger partial charge in [-0.2, -0.15) is 0 Å². The molecule has 6 nitrogen and oxygen atoms in total. The molecule has 114 valence electrons. The number of aliphatic hydroxyl groups is 1. The number of urea groups is 1. The van der Waals surface area contributed by atoms with Gasteiger partial charge in [-0.25, -0.2) is 9.59 Å². The van der Waals surface area contributed by atoms with Crippen molar-refractivity contribution in [3.8, 4) is 0 Å². The normalized spacial score (nSPS) is 31.6. The van der Waals surface area contributed by atoms with Crippen molar-refractivity contribution in [3.63, 3.8) is 0 Å². The number of amides is 2. The Morgan fingerprint density at radius 2 is 2.10 bits per heavy atom. The van der Waals surface area contributed by atoms with Crippen molar-refractivity contribution in [1.29, 1.82) is 0 Å². The molecule has 2 N–H and O–H groups in total. The van der Waals surface area contributed by atoms with Crippen LogP contribution < -0.4 is 0 Å². The van der Waals surface area contributed by atoms with Crippen molar-refractivity contribution < 1.29 is 19.8 Å². The Labute approximate surface area is 119 Å². The summed E-state index contributed by atoms with van der Waals surface area (Å²) >= 11 is 0. The van der Waals surface area contributed by atoms with Crippen LogP contribution in [0.5, 0.6) is 0 Å². The minimum Gasteiger partial charge on any atom is -0.479 e. The number of carbonyl (C=O) groups is 2. The average molecular weight is 284 g/mol. The molecule has 3 atom stereocenters. The van der Waals surface area contributed by atoms with Gasteiger partial charge in [0.2, 0.25) is 0 Å². The molecule has 0 radical (unpaired) electrons. The summed E-state index contributed by atoms with van der Waals surface area (Å²) in [5, 5.41) is 19.1. The second kappa shape index (κ2) is 5.60. The Balaban J connectivity index is 2.11. The molecule has 0 bridgehead atoms. The second-order valence-electron chi connectivity index (χ2n) is 5.96. The number of aliphatic hydroxyl groups excluding tert-OH is 1. The number of carboxylic acids is 1. The number of carbonyl (C=O) groups excluding carboxylic acids is 1. The summed E-state index contributed by atoms with van der Waals surface area (Å²) < 4.78 is 0. The first-order valence-electron chi connectivity index (χ1n) is 7.40. The Kier molecular flexibility index (Phi) is 4.22. The highest BCUT2D eigenvalue weighted by molar-refractivity contribution is 5.87. The summed E-state index contributed by atoms with van der Waals surface area (Å²) in [4.78, 5) is 27.4. The van der Waals surface area contributed by atoms with Crippen LogP contribution >= 0.6 is 0 Å². The first-order valence-corrected chi connectivity index (χ1v) is 7.40. The predicted molar refractivity (Wildman–Crippen MR) is 73.4 cm³/mol. The highest BCUT2D eigenvalue weighted by Crippen LogP contribution is 2.34. The number of rotatable bonds is 3. The van der Waals surface area contributed by atoms with Crippen LogP contribution in [-0.4, -0.2) is 63.3 Å². The van der Waals surface area contributed by atoms with Crippen molar-refractivity contribution in [2.45, 2.75) is 51.2 Å². The fraction of sp³-hybridized carbons (Fsp3) is 0.857. The van der Waals surface area contributed by atoms with Crippen molar-refractivity contribution in [3.05, 3.63) is 0 Å². The topological polar surface area (TPSA) is 81.1 Å². The Hall–Kier alpha value is -1.30. The van der Waals surface area contributed by atoms with Gasteiger partial charge in [0, 0.05) is 25.6 Å². The predicted octanol–water partition coefficient (Wildman–Crippen LogP) is 1.14. The molecule has 0 aromatic carbocycles. The molecule has 2 amide bonds. The standard InChI is InChI=1S/C14H24N2O4/c1-3-14(12(18)19)6-4-7-16(14)13(20)15-8-5-11(9-15)10(2)17/h10-11,17H,3-9H2,1-2H3,(H,18,19). The zero-order valence-corrected chi connectivity index (χ0v) is 12.2.